The van der Waals surface area contributed by atoms with Crippen LogP contribution in [-0.4, -0.2) is 56.2 Å². The average Bonchev–Trinajstić information content (AvgIpc) is 3.00. The Morgan fingerprint density at radius 3 is 2.09 bits per heavy atom. The Balaban J connectivity index is 1.58. The van der Waals surface area contributed by atoms with E-state index in [2.05, 4.69) is 10.6 Å². The summed E-state index contributed by atoms with van der Waals surface area (Å²) in [4.78, 5) is 28.7. The first kappa shape index (κ1) is 34.5. The van der Waals surface area contributed by atoms with Crippen LogP contribution in [0, 0.1) is 0 Å². The molecule has 0 aliphatic carbocycles. The highest BCUT2D eigenvalue weighted by molar-refractivity contribution is 6.28. The number of hydrogen-bond acceptors (Lipinski definition) is 5. The summed E-state index contributed by atoms with van der Waals surface area (Å²) >= 11 is 0. The van der Waals surface area contributed by atoms with E-state index in [4.69, 9.17) is 9.47 Å². The van der Waals surface area contributed by atoms with Gasteiger partial charge in [0, 0.05) is 31.0 Å². The van der Waals surface area contributed by atoms with Gasteiger partial charge in [0.05, 0.1) is 24.3 Å². The molecule has 13 heteroatoms. The number of amides is 2. The summed E-state index contributed by atoms with van der Waals surface area (Å²) in [6.07, 6.45) is -8.30. The molecule has 46 heavy (non-hydrogen) atoms. The Bertz CT molecular complexity index is 1550. The lowest BCUT2D eigenvalue weighted by molar-refractivity contribution is -0.139. The third kappa shape index (κ3) is 9.57. The van der Waals surface area contributed by atoms with Gasteiger partial charge in [-0.3, -0.25) is 14.5 Å². The minimum Gasteiger partial charge on any atom is -0.492 e. The first-order valence-electron chi connectivity index (χ1n) is 14.5. The maximum absolute atomic E-state index is 14.0. The molecule has 0 radical (unpaired) electrons. The van der Waals surface area contributed by atoms with Gasteiger partial charge in [-0.15, -0.1) is 0 Å². The van der Waals surface area contributed by atoms with E-state index in [1.807, 2.05) is 18.7 Å². The molecule has 3 aromatic rings. The number of benzene rings is 3. The third-order valence-corrected chi connectivity index (χ3v) is 7.16. The maximum atomic E-state index is 14.0. The second kappa shape index (κ2) is 14.8. The maximum Gasteiger partial charge on any atom is 0.420 e. The van der Waals surface area contributed by atoms with Crippen molar-refractivity contribution in [3.63, 3.8) is 0 Å². The lowest BCUT2D eigenvalue weighted by atomic mass is 10.0. The van der Waals surface area contributed by atoms with Gasteiger partial charge in [-0.25, -0.2) is 0 Å². The molecular formula is C33H33F6N3O4. The Hall–Kier alpha value is -4.36. The number of rotatable bonds is 10. The summed E-state index contributed by atoms with van der Waals surface area (Å²) in [6.45, 7) is 6.67. The highest BCUT2D eigenvalue weighted by Crippen LogP contribution is 2.38. The molecule has 7 nitrogen and oxygen atoms in total. The van der Waals surface area contributed by atoms with Crippen LogP contribution in [0.3, 0.4) is 0 Å². The number of carbonyl (C=O) groups excluding carboxylic acids is 2. The molecule has 0 bridgehead atoms. The molecule has 0 atom stereocenters. The van der Waals surface area contributed by atoms with Crippen molar-refractivity contribution in [3.8, 4) is 5.75 Å². The van der Waals surface area contributed by atoms with Crippen LogP contribution in [0.2, 0.25) is 0 Å². The molecule has 1 saturated heterocycles. The van der Waals surface area contributed by atoms with Crippen molar-refractivity contribution >= 4 is 29.3 Å². The smallest absolute Gasteiger partial charge is 0.420 e. The molecule has 4 rings (SSSR count). The van der Waals surface area contributed by atoms with E-state index in [-0.39, 0.29) is 23.9 Å². The van der Waals surface area contributed by atoms with Gasteiger partial charge >= 0.3 is 12.4 Å². The summed E-state index contributed by atoms with van der Waals surface area (Å²) in [5.41, 5.74) is -1.81. The molecule has 0 aromatic heterocycles. The molecular weight excluding hydrogens is 616 g/mol. The van der Waals surface area contributed by atoms with Gasteiger partial charge in [0.25, 0.3) is 11.8 Å². The van der Waals surface area contributed by atoms with Crippen LogP contribution in [0.1, 0.15) is 42.0 Å². The van der Waals surface area contributed by atoms with Crippen LogP contribution in [0.4, 0.5) is 37.7 Å². The molecule has 2 N–H and O–H groups in total. The molecule has 2 amide bonds. The molecule has 3 aromatic carbocycles. The van der Waals surface area contributed by atoms with Crippen molar-refractivity contribution in [2.75, 3.05) is 50.1 Å². The number of alkyl halides is 6. The highest BCUT2D eigenvalue weighted by atomic mass is 19.4. The number of nitrogens with zero attached hydrogens (tertiary/aromatic N) is 1. The SMILES string of the molecule is CC(C)c1ccc(/C=C(/C(=O)Nc2cccc(C(F)(F)F)c2)C(=O)Nc2ccc(OCCN3CCOCC3)c(C(F)(F)F)c2)cc1. The molecule has 1 heterocycles. The molecule has 1 aliphatic rings. The lowest BCUT2D eigenvalue weighted by Gasteiger charge is -2.26. The van der Waals surface area contributed by atoms with Crippen molar-refractivity contribution in [3.05, 3.63) is 94.6 Å². The number of hydrogen-bond donors (Lipinski definition) is 2. The fourth-order valence-electron chi connectivity index (χ4n) is 4.61. The van der Waals surface area contributed by atoms with Crippen LogP contribution < -0.4 is 15.4 Å². The van der Waals surface area contributed by atoms with Crippen molar-refractivity contribution in [1.82, 2.24) is 4.90 Å². The Morgan fingerprint density at radius 1 is 0.870 bits per heavy atom. The van der Waals surface area contributed by atoms with Gasteiger partial charge in [0.1, 0.15) is 17.9 Å². The van der Waals surface area contributed by atoms with E-state index in [1.165, 1.54) is 18.2 Å². The first-order chi connectivity index (χ1) is 21.7. The normalized spacial score (nSPS) is 14.7. The summed E-state index contributed by atoms with van der Waals surface area (Å²) < 4.78 is 92.4. The third-order valence-electron chi connectivity index (χ3n) is 7.16. The predicted molar refractivity (Wildman–Crippen MR) is 161 cm³/mol. The van der Waals surface area contributed by atoms with Gasteiger partial charge in [-0.2, -0.15) is 26.3 Å². The molecule has 1 fully saturated rings. The summed E-state index contributed by atoms with van der Waals surface area (Å²) in [7, 11) is 0. The zero-order valence-electron chi connectivity index (χ0n) is 25.1. The monoisotopic (exact) mass is 649 g/mol. The van der Waals surface area contributed by atoms with Gasteiger partial charge in [-0.05, 0) is 59.5 Å². The molecule has 0 spiro atoms. The summed E-state index contributed by atoms with van der Waals surface area (Å²) in [6, 6.07) is 13.7. The van der Waals surface area contributed by atoms with Crippen LogP contribution in [-0.2, 0) is 26.7 Å². The molecule has 0 unspecified atom stereocenters. The number of anilines is 2. The zero-order valence-corrected chi connectivity index (χ0v) is 25.1. The minimum absolute atomic E-state index is 0.00696. The first-order valence-corrected chi connectivity index (χ1v) is 14.5. The van der Waals surface area contributed by atoms with E-state index in [9.17, 15) is 35.9 Å². The van der Waals surface area contributed by atoms with Crippen molar-refractivity contribution < 1.29 is 45.4 Å². The Kier molecular flexibility index (Phi) is 11.1. The fourth-order valence-corrected chi connectivity index (χ4v) is 4.61. The molecule has 246 valence electrons. The molecule has 1 aliphatic heterocycles. The van der Waals surface area contributed by atoms with E-state index in [0.29, 0.717) is 50.5 Å². The summed E-state index contributed by atoms with van der Waals surface area (Å²) in [5, 5.41) is 4.60. The van der Waals surface area contributed by atoms with Gasteiger partial charge in [0.2, 0.25) is 0 Å². The quantitative estimate of drug-likeness (QED) is 0.105. The summed E-state index contributed by atoms with van der Waals surface area (Å²) in [5.74, 6) is -2.38. The van der Waals surface area contributed by atoms with Gasteiger partial charge in [-0.1, -0.05) is 44.2 Å². The number of ether oxygens (including phenoxy) is 2. The van der Waals surface area contributed by atoms with Crippen molar-refractivity contribution in [1.29, 1.82) is 0 Å². The van der Waals surface area contributed by atoms with Crippen LogP contribution in [0.5, 0.6) is 5.75 Å². The number of carbonyl (C=O) groups is 2. The largest absolute Gasteiger partial charge is 0.492 e. The van der Waals surface area contributed by atoms with Crippen molar-refractivity contribution in [2.45, 2.75) is 32.1 Å². The predicted octanol–water partition coefficient (Wildman–Crippen LogP) is 7.22. The van der Waals surface area contributed by atoms with E-state index in [1.54, 1.807) is 24.3 Å². The van der Waals surface area contributed by atoms with E-state index < -0.39 is 46.6 Å². The Labute approximate surface area is 262 Å². The number of morpholine rings is 1. The van der Waals surface area contributed by atoms with E-state index >= 15 is 0 Å². The average molecular weight is 650 g/mol. The van der Waals surface area contributed by atoms with Crippen LogP contribution in [0.25, 0.3) is 6.08 Å². The second-order valence-electron chi connectivity index (χ2n) is 10.9. The fraction of sp³-hybridized carbons (Fsp3) is 0.333. The van der Waals surface area contributed by atoms with Crippen molar-refractivity contribution in [2.24, 2.45) is 0 Å². The van der Waals surface area contributed by atoms with Crippen LogP contribution >= 0.6 is 0 Å². The van der Waals surface area contributed by atoms with Gasteiger partial charge in [0.15, 0.2) is 0 Å². The zero-order chi connectivity index (χ0) is 33.5. The Morgan fingerprint density at radius 2 is 1.50 bits per heavy atom. The standard InChI is InChI=1S/C33H33F6N3O4/c1-21(2)23-8-6-22(7-9-23)18-27(30(43)40-25-5-3-4-24(19-25)32(34,35)36)31(44)41-26-10-11-29(28(20-26)33(37,38)39)46-17-14-42-12-15-45-16-13-42/h3-11,18-21H,12-17H2,1-2H3,(H,40,43)(H,41,44)/b27-18-. The lowest BCUT2D eigenvalue weighted by Crippen LogP contribution is -2.38. The topological polar surface area (TPSA) is 79.9 Å². The number of halogens is 6. The highest BCUT2D eigenvalue weighted by Gasteiger charge is 2.35. The van der Waals surface area contributed by atoms with E-state index in [0.717, 1.165) is 23.8 Å². The van der Waals surface area contributed by atoms with Gasteiger partial charge < -0.3 is 20.1 Å². The second-order valence-corrected chi connectivity index (χ2v) is 10.9. The minimum atomic E-state index is -4.83. The molecule has 0 saturated carbocycles. The number of nitrogens with one attached hydrogen (secondary N) is 2. The van der Waals surface area contributed by atoms with Crippen LogP contribution in [0.15, 0.2) is 72.3 Å².